The van der Waals surface area contributed by atoms with Crippen LogP contribution >= 0.6 is 11.3 Å². The lowest BCUT2D eigenvalue weighted by Gasteiger charge is -2.44. The van der Waals surface area contributed by atoms with Crippen molar-refractivity contribution >= 4 is 27.3 Å². The third-order valence-corrected chi connectivity index (χ3v) is 7.72. The number of carbonyl (C=O) groups is 1. The van der Waals surface area contributed by atoms with Crippen LogP contribution in [0.5, 0.6) is 0 Å². The van der Waals surface area contributed by atoms with Crippen LogP contribution in [0.4, 0.5) is 0 Å². The summed E-state index contributed by atoms with van der Waals surface area (Å²) in [5, 5.41) is 6.37. The van der Waals surface area contributed by atoms with Crippen molar-refractivity contribution in [3.63, 3.8) is 0 Å². The molecule has 0 saturated carbocycles. The lowest BCUT2D eigenvalue weighted by atomic mass is 9.84. The maximum absolute atomic E-state index is 12.9. The van der Waals surface area contributed by atoms with E-state index < -0.39 is 0 Å². The molecule has 2 bridgehead atoms. The number of hydrogen-bond acceptors (Lipinski definition) is 6. The molecule has 6 heterocycles. The fraction of sp³-hybridized carbons (Fsp3) is 0.565. The molecule has 4 aliphatic rings. The number of fused-ring (bicyclic) bond motifs is 4. The first-order valence-electron chi connectivity index (χ1n) is 11.0. The quantitative estimate of drug-likeness (QED) is 0.762. The van der Waals surface area contributed by atoms with E-state index in [1.165, 1.54) is 25.9 Å². The minimum Gasteiger partial charge on any atom is -0.346 e. The van der Waals surface area contributed by atoms with Gasteiger partial charge in [0.25, 0.3) is 5.91 Å². The number of carbonyl (C=O) groups excluding carboxylic acids is 1. The van der Waals surface area contributed by atoms with Gasteiger partial charge in [0.05, 0.1) is 11.2 Å². The standard InChI is InChI=1S/C23H29N5OS/c1-26-9-11-27(12-10-26)6-2-3-18-16-30-22-14-24-20(13-19(18)22)23(29)25-21-15-28-7-4-17(21)5-8-28/h13-14,16-17,21H,4-12,15H2,1H3,(H,25,29)/t21-/m0/s1. The average molecular weight is 424 g/mol. The topological polar surface area (TPSA) is 51.7 Å². The molecule has 30 heavy (non-hydrogen) atoms. The Morgan fingerprint density at radius 1 is 1.23 bits per heavy atom. The molecule has 4 saturated heterocycles. The van der Waals surface area contributed by atoms with Crippen molar-refractivity contribution < 1.29 is 4.79 Å². The predicted octanol–water partition coefficient (Wildman–Crippen LogP) is 1.72. The van der Waals surface area contributed by atoms with Crippen molar-refractivity contribution in [3.05, 3.63) is 28.9 Å². The summed E-state index contributed by atoms with van der Waals surface area (Å²) in [6.07, 6.45) is 4.20. The highest BCUT2D eigenvalue weighted by Crippen LogP contribution is 2.28. The summed E-state index contributed by atoms with van der Waals surface area (Å²) in [6, 6.07) is 2.17. The SMILES string of the molecule is CN1CCN(CC#Cc2csc3cnc(C(=O)N[C@H]4CN5CCC4CC5)cc23)CC1. The molecule has 0 spiro atoms. The monoisotopic (exact) mass is 423 g/mol. The number of pyridine rings is 1. The zero-order valence-electron chi connectivity index (χ0n) is 17.6. The van der Waals surface area contributed by atoms with E-state index in [0.717, 1.165) is 54.9 Å². The molecule has 2 aromatic rings. The fourth-order valence-electron chi connectivity index (χ4n) is 4.78. The highest BCUT2D eigenvalue weighted by Gasteiger charge is 2.35. The molecule has 0 unspecified atom stereocenters. The van der Waals surface area contributed by atoms with Crippen LogP contribution in [0, 0.1) is 17.8 Å². The molecular formula is C23H29N5OS. The molecule has 1 amide bonds. The van der Waals surface area contributed by atoms with E-state index in [2.05, 4.69) is 49.3 Å². The van der Waals surface area contributed by atoms with Crippen LogP contribution in [0.1, 0.15) is 28.9 Å². The number of likely N-dealkylation sites (N-methyl/N-ethyl adjacent to an activating group) is 1. The highest BCUT2D eigenvalue weighted by atomic mass is 32.1. The van der Waals surface area contributed by atoms with Crippen molar-refractivity contribution in [2.75, 3.05) is 59.4 Å². The van der Waals surface area contributed by atoms with Crippen LogP contribution in [-0.2, 0) is 0 Å². The number of piperidine rings is 3. The van der Waals surface area contributed by atoms with Crippen molar-refractivity contribution in [2.45, 2.75) is 18.9 Å². The van der Waals surface area contributed by atoms with Crippen LogP contribution in [-0.4, -0.2) is 91.0 Å². The van der Waals surface area contributed by atoms with E-state index in [9.17, 15) is 4.79 Å². The van der Waals surface area contributed by atoms with Gasteiger partial charge in [0.1, 0.15) is 5.69 Å². The Balaban J connectivity index is 1.27. The molecule has 0 aliphatic carbocycles. The highest BCUT2D eigenvalue weighted by molar-refractivity contribution is 7.17. The Kier molecular flexibility index (Phi) is 5.74. The van der Waals surface area contributed by atoms with E-state index in [-0.39, 0.29) is 11.9 Å². The third-order valence-electron chi connectivity index (χ3n) is 6.79. The second-order valence-electron chi connectivity index (χ2n) is 8.81. The van der Waals surface area contributed by atoms with E-state index in [1.807, 2.05) is 12.3 Å². The largest absolute Gasteiger partial charge is 0.346 e. The van der Waals surface area contributed by atoms with Gasteiger partial charge in [-0.2, -0.15) is 0 Å². The summed E-state index contributed by atoms with van der Waals surface area (Å²) < 4.78 is 1.08. The van der Waals surface area contributed by atoms with E-state index in [1.54, 1.807) is 11.3 Å². The second kappa shape index (κ2) is 8.64. The lowest BCUT2D eigenvalue weighted by Crippen LogP contribution is -2.57. The summed E-state index contributed by atoms with van der Waals surface area (Å²) >= 11 is 1.64. The summed E-state index contributed by atoms with van der Waals surface area (Å²) in [7, 11) is 2.17. The Labute approximate surface area is 182 Å². The minimum atomic E-state index is -0.0572. The van der Waals surface area contributed by atoms with Crippen molar-refractivity contribution in [2.24, 2.45) is 5.92 Å². The van der Waals surface area contributed by atoms with Gasteiger partial charge in [-0.25, -0.2) is 4.98 Å². The number of nitrogens with one attached hydrogen (secondary N) is 1. The molecule has 2 aromatic heterocycles. The van der Waals surface area contributed by atoms with Crippen LogP contribution in [0.25, 0.3) is 10.1 Å². The van der Waals surface area contributed by atoms with Gasteiger partial charge < -0.3 is 15.1 Å². The first-order valence-corrected chi connectivity index (χ1v) is 11.8. The summed E-state index contributed by atoms with van der Waals surface area (Å²) in [4.78, 5) is 24.5. The molecule has 158 valence electrons. The zero-order chi connectivity index (χ0) is 20.5. The first-order chi connectivity index (χ1) is 14.7. The Morgan fingerprint density at radius 3 is 2.77 bits per heavy atom. The number of piperazine rings is 1. The van der Waals surface area contributed by atoms with Crippen molar-refractivity contribution in [3.8, 4) is 11.8 Å². The number of hydrogen-bond donors (Lipinski definition) is 1. The number of rotatable bonds is 3. The molecule has 4 fully saturated rings. The fourth-order valence-corrected chi connectivity index (χ4v) is 5.62. The summed E-state index contributed by atoms with van der Waals surface area (Å²) in [5.74, 6) is 7.22. The molecule has 1 atom stereocenters. The van der Waals surface area contributed by atoms with Gasteiger partial charge in [0.15, 0.2) is 0 Å². The summed E-state index contributed by atoms with van der Waals surface area (Å²) in [6.45, 7) is 8.47. The second-order valence-corrected chi connectivity index (χ2v) is 9.73. The molecule has 0 aromatic carbocycles. The van der Waals surface area contributed by atoms with Crippen molar-refractivity contribution in [1.29, 1.82) is 0 Å². The van der Waals surface area contributed by atoms with Gasteiger partial charge in [-0.3, -0.25) is 9.69 Å². The number of nitrogens with zero attached hydrogens (tertiary/aromatic N) is 4. The minimum absolute atomic E-state index is 0.0572. The van der Waals surface area contributed by atoms with E-state index in [0.29, 0.717) is 11.6 Å². The number of amides is 1. The average Bonchev–Trinajstić information content (AvgIpc) is 3.18. The third kappa shape index (κ3) is 4.23. The van der Waals surface area contributed by atoms with Crippen LogP contribution in [0.3, 0.4) is 0 Å². The van der Waals surface area contributed by atoms with Crippen molar-refractivity contribution in [1.82, 2.24) is 25.0 Å². The zero-order valence-corrected chi connectivity index (χ0v) is 18.4. The number of aromatic nitrogens is 1. The molecule has 6 nitrogen and oxygen atoms in total. The Hall–Kier alpha value is -1.98. The molecule has 7 heteroatoms. The van der Waals surface area contributed by atoms with Gasteiger partial charge in [0, 0.05) is 61.3 Å². The van der Waals surface area contributed by atoms with Crippen LogP contribution in [0.15, 0.2) is 17.6 Å². The molecule has 1 N–H and O–H groups in total. The lowest BCUT2D eigenvalue weighted by molar-refractivity contribution is 0.0618. The predicted molar refractivity (Wildman–Crippen MR) is 121 cm³/mol. The first kappa shape index (κ1) is 20.0. The normalized spacial score (nSPS) is 27.0. The van der Waals surface area contributed by atoms with Gasteiger partial charge in [0.2, 0.25) is 0 Å². The molecular weight excluding hydrogens is 394 g/mol. The van der Waals surface area contributed by atoms with Gasteiger partial charge in [-0.15, -0.1) is 11.3 Å². The number of thiophene rings is 1. The smallest absolute Gasteiger partial charge is 0.270 e. The van der Waals surface area contributed by atoms with E-state index in [4.69, 9.17) is 0 Å². The maximum Gasteiger partial charge on any atom is 0.270 e. The Bertz CT molecular complexity index is 976. The van der Waals surface area contributed by atoms with Crippen LogP contribution in [0.2, 0.25) is 0 Å². The molecule has 4 aliphatic heterocycles. The van der Waals surface area contributed by atoms with Gasteiger partial charge in [-0.1, -0.05) is 11.8 Å². The molecule has 0 radical (unpaired) electrons. The maximum atomic E-state index is 12.9. The summed E-state index contributed by atoms with van der Waals surface area (Å²) in [5.41, 5.74) is 1.50. The van der Waals surface area contributed by atoms with E-state index >= 15 is 0 Å². The Morgan fingerprint density at radius 2 is 2.03 bits per heavy atom. The van der Waals surface area contributed by atoms with Gasteiger partial charge in [-0.05, 0) is 45.0 Å². The molecule has 6 rings (SSSR count). The van der Waals surface area contributed by atoms with Crippen LogP contribution < -0.4 is 5.32 Å². The van der Waals surface area contributed by atoms with Gasteiger partial charge >= 0.3 is 0 Å².